The Morgan fingerprint density at radius 1 is 1.32 bits per heavy atom. The predicted octanol–water partition coefficient (Wildman–Crippen LogP) is 3.23. The molecule has 0 aliphatic carbocycles. The number of nitrogens with one attached hydrogen (secondary N) is 2. The van der Waals surface area contributed by atoms with Gasteiger partial charge < -0.3 is 20.3 Å². The van der Waals surface area contributed by atoms with Crippen LogP contribution in [0.2, 0.25) is 0 Å². The molecule has 1 aliphatic rings. The van der Waals surface area contributed by atoms with Gasteiger partial charge in [-0.05, 0) is 59.3 Å². The quantitative estimate of drug-likeness (QED) is 0.588. The molecule has 2 atom stereocenters. The lowest BCUT2D eigenvalue weighted by Crippen LogP contribution is -2.45. The van der Waals surface area contributed by atoms with Crippen molar-refractivity contribution in [1.29, 1.82) is 0 Å². The summed E-state index contributed by atoms with van der Waals surface area (Å²) in [5, 5.41) is 6.76. The summed E-state index contributed by atoms with van der Waals surface area (Å²) >= 11 is 0. The number of amides is 1. The number of aliphatic imine (C=N–C) groups is 1. The van der Waals surface area contributed by atoms with Crippen LogP contribution in [0.3, 0.4) is 0 Å². The van der Waals surface area contributed by atoms with Gasteiger partial charge in [0.15, 0.2) is 5.96 Å². The van der Waals surface area contributed by atoms with Gasteiger partial charge in [0.25, 0.3) is 0 Å². The third kappa shape index (κ3) is 8.45. The molecule has 0 aromatic carbocycles. The zero-order chi connectivity index (χ0) is 19.0. The number of likely N-dealkylation sites (tertiary alicyclic amines) is 1. The van der Waals surface area contributed by atoms with Gasteiger partial charge in [0.2, 0.25) is 0 Å². The lowest BCUT2D eigenvalue weighted by Gasteiger charge is -2.33. The van der Waals surface area contributed by atoms with Crippen LogP contribution in [0.1, 0.15) is 61.3 Å². The second kappa shape index (κ2) is 9.88. The first-order chi connectivity index (χ1) is 11.6. The normalized spacial score (nSPS) is 20.4. The Labute approximate surface area is 153 Å². The molecule has 6 heteroatoms. The number of rotatable bonds is 5. The molecule has 2 unspecified atom stereocenters. The van der Waals surface area contributed by atoms with Gasteiger partial charge in [0.05, 0.1) is 0 Å². The van der Waals surface area contributed by atoms with Gasteiger partial charge in [-0.15, -0.1) is 0 Å². The topological polar surface area (TPSA) is 66.0 Å². The molecule has 1 fully saturated rings. The Morgan fingerprint density at radius 3 is 2.56 bits per heavy atom. The summed E-state index contributed by atoms with van der Waals surface area (Å²) in [4.78, 5) is 18.8. The zero-order valence-corrected chi connectivity index (χ0v) is 17.2. The maximum absolute atomic E-state index is 12.3. The van der Waals surface area contributed by atoms with Crippen molar-refractivity contribution < 1.29 is 9.53 Å². The highest BCUT2D eigenvalue weighted by atomic mass is 16.6. The van der Waals surface area contributed by atoms with Gasteiger partial charge in [0.1, 0.15) is 5.60 Å². The Kier molecular flexibility index (Phi) is 8.53. The minimum atomic E-state index is -0.447. The van der Waals surface area contributed by atoms with E-state index in [1.165, 1.54) is 0 Å². The number of ether oxygens (including phenoxy) is 1. The van der Waals surface area contributed by atoms with E-state index in [4.69, 9.17) is 9.73 Å². The summed E-state index contributed by atoms with van der Waals surface area (Å²) in [6.07, 6.45) is 1.90. The number of guanidine groups is 1. The summed E-state index contributed by atoms with van der Waals surface area (Å²) < 4.78 is 5.50. The van der Waals surface area contributed by atoms with E-state index in [9.17, 15) is 4.79 Å². The Hall–Kier alpha value is -1.46. The lowest BCUT2D eigenvalue weighted by atomic mass is 9.98. The molecule has 146 valence electrons. The largest absolute Gasteiger partial charge is 0.444 e. The molecule has 2 N–H and O–H groups in total. The Balaban J connectivity index is 2.59. The van der Waals surface area contributed by atoms with E-state index in [-0.39, 0.29) is 6.09 Å². The maximum atomic E-state index is 12.3. The van der Waals surface area contributed by atoms with E-state index in [2.05, 4.69) is 38.3 Å². The molecule has 0 saturated carbocycles. The van der Waals surface area contributed by atoms with E-state index >= 15 is 0 Å². The van der Waals surface area contributed by atoms with Crippen molar-refractivity contribution in [3.63, 3.8) is 0 Å². The molecule has 0 bridgehead atoms. The minimum Gasteiger partial charge on any atom is -0.444 e. The molecule has 0 spiro atoms. The highest BCUT2D eigenvalue weighted by Gasteiger charge is 2.27. The van der Waals surface area contributed by atoms with E-state index in [0.29, 0.717) is 17.9 Å². The Morgan fingerprint density at radius 2 is 2.00 bits per heavy atom. The summed E-state index contributed by atoms with van der Waals surface area (Å²) in [6, 6.07) is 0.363. The van der Waals surface area contributed by atoms with Gasteiger partial charge >= 0.3 is 6.09 Å². The second-order valence-corrected chi connectivity index (χ2v) is 8.33. The molecule has 0 aromatic rings. The van der Waals surface area contributed by atoms with Crippen LogP contribution in [0, 0.1) is 11.8 Å². The lowest BCUT2D eigenvalue weighted by molar-refractivity contribution is 0.0170. The average molecular weight is 355 g/mol. The molecule has 25 heavy (non-hydrogen) atoms. The van der Waals surface area contributed by atoms with Crippen molar-refractivity contribution in [1.82, 2.24) is 15.5 Å². The fourth-order valence-corrected chi connectivity index (χ4v) is 2.63. The molecular weight excluding hydrogens is 316 g/mol. The second-order valence-electron chi connectivity index (χ2n) is 8.33. The highest BCUT2D eigenvalue weighted by Crippen LogP contribution is 2.19. The molecule has 1 aliphatic heterocycles. The summed E-state index contributed by atoms with van der Waals surface area (Å²) in [5.74, 6) is 1.78. The van der Waals surface area contributed by atoms with Gasteiger partial charge in [-0.3, -0.25) is 4.99 Å². The average Bonchev–Trinajstić information content (AvgIpc) is 2.51. The van der Waals surface area contributed by atoms with Gasteiger partial charge in [-0.1, -0.05) is 13.8 Å². The van der Waals surface area contributed by atoms with Crippen molar-refractivity contribution in [3.05, 3.63) is 0 Å². The third-order valence-electron chi connectivity index (χ3n) is 4.39. The number of piperidine rings is 1. The zero-order valence-electron chi connectivity index (χ0n) is 17.2. The summed E-state index contributed by atoms with van der Waals surface area (Å²) in [6.45, 7) is 17.4. The standard InChI is InChI=1S/C19H38N4O2/c1-8-20-17(22-15(4)14(2)3)21-12-16-10-9-11-23(13-16)18(24)25-19(5,6)7/h14-16H,8-13H2,1-7H3,(H2,20,21,22). The Bertz CT molecular complexity index is 443. The molecule has 0 aromatic heterocycles. The monoisotopic (exact) mass is 354 g/mol. The molecular formula is C19H38N4O2. The van der Waals surface area contributed by atoms with Crippen molar-refractivity contribution in [3.8, 4) is 0 Å². The van der Waals surface area contributed by atoms with Crippen LogP contribution in [-0.2, 0) is 4.74 Å². The van der Waals surface area contributed by atoms with Crippen LogP contribution in [0.15, 0.2) is 4.99 Å². The van der Waals surface area contributed by atoms with Crippen LogP contribution in [0.25, 0.3) is 0 Å². The van der Waals surface area contributed by atoms with Crippen LogP contribution in [0.5, 0.6) is 0 Å². The fourth-order valence-electron chi connectivity index (χ4n) is 2.63. The molecule has 1 amide bonds. The van der Waals surface area contributed by atoms with Crippen molar-refractivity contribution in [2.45, 2.75) is 73.0 Å². The predicted molar refractivity (Wildman–Crippen MR) is 104 cm³/mol. The van der Waals surface area contributed by atoms with E-state index < -0.39 is 5.60 Å². The molecule has 1 heterocycles. The number of nitrogens with zero attached hydrogens (tertiary/aromatic N) is 2. The number of hydrogen-bond acceptors (Lipinski definition) is 3. The van der Waals surface area contributed by atoms with Crippen LogP contribution < -0.4 is 10.6 Å². The van der Waals surface area contributed by atoms with Crippen molar-refractivity contribution in [2.75, 3.05) is 26.2 Å². The van der Waals surface area contributed by atoms with E-state index in [1.807, 2.05) is 25.7 Å². The number of carbonyl (C=O) groups excluding carboxylic acids is 1. The van der Waals surface area contributed by atoms with Crippen molar-refractivity contribution in [2.24, 2.45) is 16.8 Å². The van der Waals surface area contributed by atoms with E-state index in [0.717, 1.165) is 45.0 Å². The fraction of sp³-hybridized carbons (Fsp3) is 0.895. The highest BCUT2D eigenvalue weighted by molar-refractivity contribution is 5.80. The number of hydrogen-bond donors (Lipinski definition) is 2. The van der Waals surface area contributed by atoms with Crippen molar-refractivity contribution >= 4 is 12.1 Å². The first-order valence-electron chi connectivity index (χ1n) is 9.65. The summed E-state index contributed by atoms with van der Waals surface area (Å²) in [5.41, 5.74) is -0.447. The molecule has 1 rings (SSSR count). The molecule has 1 saturated heterocycles. The van der Waals surface area contributed by atoms with Crippen LogP contribution >= 0.6 is 0 Å². The van der Waals surface area contributed by atoms with Gasteiger partial charge in [-0.25, -0.2) is 4.79 Å². The smallest absolute Gasteiger partial charge is 0.410 e. The SMILES string of the molecule is CCNC(=NCC1CCCN(C(=O)OC(C)(C)C)C1)NC(C)C(C)C. The first kappa shape index (κ1) is 21.6. The number of carbonyl (C=O) groups is 1. The maximum Gasteiger partial charge on any atom is 0.410 e. The van der Waals surface area contributed by atoms with Crippen LogP contribution in [0.4, 0.5) is 4.79 Å². The first-order valence-corrected chi connectivity index (χ1v) is 9.65. The van der Waals surface area contributed by atoms with E-state index in [1.54, 1.807) is 0 Å². The van der Waals surface area contributed by atoms with Gasteiger partial charge in [-0.2, -0.15) is 0 Å². The summed E-state index contributed by atoms with van der Waals surface area (Å²) in [7, 11) is 0. The minimum absolute atomic E-state index is 0.209. The van der Waals surface area contributed by atoms with Gasteiger partial charge in [0, 0.05) is 32.2 Å². The van der Waals surface area contributed by atoms with Crippen LogP contribution in [-0.4, -0.2) is 54.8 Å². The molecule has 0 radical (unpaired) electrons. The molecule has 6 nitrogen and oxygen atoms in total. The third-order valence-corrected chi connectivity index (χ3v) is 4.39.